The van der Waals surface area contributed by atoms with E-state index in [1.165, 1.54) is 15.8 Å². The van der Waals surface area contributed by atoms with Crippen LogP contribution in [0.3, 0.4) is 0 Å². The quantitative estimate of drug-likeness (QED) is 0.530. The van der Waals surface area contributed by atoms with Crippen LogP contribution in [0, 0.1) is 0 Å². The predicted octanol–water partition coefficient (Wildman–Crippen LogP) is 5.39. The molecule has 0 fully saturated rings. The molecule has 1 N–H and O–H groups in total. The van der Waals surface area contributed by atoms with Gasteiger partial charge in [0.15, 0.2) is 5.65 Å². The SMILES string of the molecule is CC(C)(C)c1nc2ncc(CC(C)(C)c3ccc4ncsc4c3)cc2[nH]1. The molecule has 5 heteroatoms. The van der Waals surface area contributed by atoms with Crippen molar-refractivity contribution in [1.29, 1.82) is 0 Å². The highest BCUT2D eigenvalue weighted by Crippen LogP contribution is 2.31. The van der Waals surface area contributed by atoms with Gasteiger partial charge in [-0.05, 0) is 41.2 Å². The van der Waals surface area contributed by atoms with Crippen LogP contribution in [0.4, 0.5) is 0 Å². The maximum atomic E-state index is 4.64. The zero-order chi connectivity index (χ0) is 18.5. The number of imidazole rings is 1. The minimum atomic E-state index is -0.00963. The number of H-pyrrole nitrogens is 1. The van der Waals surface area contributed by atoms with Gasteiger partial charge in [-0.25, -0.2) is 15.0 Å². The summed E-state index contributed by atoms with van der Waals surface area (Å²) in [5.74, 6) is 0.979. The molecule has 4 rings (SSSR count). The fourth-order valence-electron chi connectivity index (χ4n) is 3.28. The number of nitrogens with zero attached hydrogens (tertiary/aromatic N) is 3. The first-order valence-corrected chi connectivity index (χ1v) is 9.79. The third-order valence-electron chi connectivity index (χ3n) is 4.86. The lowest BCUT2D eigenvalue weighted by Crippen LogP contribution is -2.20. The molecule has 0 spiro atoms. The molecule has 1 aromatic carbocycles. The Kier molecular flexibility index (Phi) is 3.88. The van der Waals surface area contributed by atoms with Gasteiger partial charge in [0.05, 0.1) is 21.2 Å². The van der Waals surface area contributed by atoms with Gasteiger partial charge in [0.1, 0.15) is 5.82 Å². The van der Waals surface area contributed by atoms with Gasteiger partial charge in [-0.15, -0.1) is 11.3 Å². The van der Waals surface area contributed by atoms with Crippen LogP contribution in [0.25, 0.3) is 21.4 Å². The number of rotatable bonds is 3. The van der Waals surface area contributed by atoms with Gasteiger partial charge < -0.3 is 4.98 Å². The van der Waals surface area contributed by atoms with Crippen molar-refractivity contribution in [2.45, 2.75) is 51.9 Å². The van der Waals surface area contributed by atoms with Crippen LogP contribution in [0.5, 0.6) is 0 Å². The summed E-state index contributed by atoms with van der Waals surface area (Å²) in [6.45, 7) is 11.0. The summed E-state index contributed by atoms with van der Waals surface area (Å²) in [5.41, 5.74) is 7.34. The van der Waals surface area contributed by atoms with E-state index in [1.807, 2.05) is 11.7 Å². The first kappa shape index (κ1) is 17.2. The third-order valence-corrected chi connectivity index (χ3v) is 5.66. The Hall–Kier alpha value is -2.27. The molecule has 0 amide bonds. The molecule has 26 heavy (non-hydrogen) atoms. The normalized spacial score (nSPS) is 13.0. The van der Waals surface area contributed by atoms with Gasteiger partial charge in [-0.1, -0.05) is 40.7 Å². The van der Waals surface area contributed by atoms with Crippen LogP contribution in [0.2, 0.25) is 0 Å². The van der Waals surface area contributed by atoms with E-state index >= 15 is 0 Å². The Morgan fingerprint density at radius 2 is 1.85 bits per heavy atom. The van der Waals surface area contributed by atoms with E-state index in [-0.39, 0.29) is 10.8 Å². The smallest absolute Gasteiger partial charge is 0.177 e. The second-order valence-corrected chi connectivity index (χ2v) is 9.53. The minimum absolute atomic E-state index is 0.00963. The summed E-state index contributed by atoms with van der Waals surface area (Å²) in [4.78, 5) is 17.0. The van der Waals surface area contributed by atoms with Gasteiger partial charge in [-0.3, -0.25) is 0 Å². The molecule has 0 radical (unpaired) electrons. The van der Waals surface area contributed by atoms with Gasteiger partial charge in [-0.2, -0.15) is 0 Å². The average Bonchev–Trinajstić information content (AvgIpc) is 3.19. The zero-order valence-electron chi connectivity index (χ0n) is 15.9. The number of aromatic amines is 1. The molecule has 0 unspecified atom stereocenters. The minimum Gasteiger partial charge on any atom is -0.340 e. The Bertz CT molecular complexity index is 1080. The van der Waals surface area contributed by atoms with E-state index in [1.54, 1.807) is 11.3 Å². The standard InChI is InChI=1S/C21H24N4S/c1-20(2,3)19-24-16-8-13(11-22-18(16)25-19)10-21(4,5)14-6-7-15-17(9-14)26-12-23-15/h6-9,11-12H,10H2,1-5H3,(H,22,24,25). The second kappa shape index (κ2) is 5.88. The first-order chi connectivity index (χ1) is 12.2. The van der Waals surface area contributed by atoms with Crippen LogP contribution in [0.15, 0.2) is 36.0 Å². The largest absolute Gasteiger partial charge is 0.340 e. The van der Waals surface area contributed by atoms with Crippen LogP contribution in [0.1, 0.15) is 51.6 Å². The molecule has 0 aliphatic heterocycles. The van der Waals surface area contributed by atoms with Gasteiger partial charge in [0.2, 0.25) is 0 Å². The maximum Gasteiger partial charge on any atom is 0.177 e. The molecule has 134 valence electrons. The molecular weight excluding hydrogens is 340 g/mol. The van der Waals surface area contributed by atoms with Crippen LogP contribution in [-0.4, -0.2) is 19.9 Å². The van der Waals surface area contributed by atoms with Crippen molar-refractivity contribution in [2.75, 3.05) is 0 Å². The highest BCUT2D eigenvalue weighted by molar-refractivity contribution is 7.16. The number of nitrogens with one attached hydrogen (secondary N) is 1. The molecule has 0 aliphatic carbocycles. The number of pyridine rings is 1. The molecule has 0 aliphatic rings. The fraction of sp³-hybridized carbons (Fsp3) is 0.381. The molecule has 0 bridgehead atoms. The summed E-state index contributed by atoms with van der Waals surface area (Å²) in [6.07, 6.45) is 2.88. The highest BCUT2D eigenvalue weighted by Gasteiger charge is 2.23. The Morgan fingerprint density at radius 1 is 1.04 bits per heavy atom. The highest BCUT2D eigenvalue weighted by atomic mass is 32.1. The summed E-state index contributed by atoms with van der Waals surface area (Å²) in [7, 11) is 0. The van der Waals surface area contributed by atoms with E-state index in [4.69, 9.17) is 0 Å². The van der Waals surface area contributed by atoms with E-state index in [0.29, 0.717) is 0 Å². The molecule has 3 aromatic heterocycles. The first-order valence-electron chi connectivity index (χ1n) is 8.91. The Morgan fingerprint density at radius 3 is 2.62 bits per heavy atom. The maximum absolute atomic E-state index is 4.64. The van der Waals surface area contributed by atoms with E-state index in [2.05, 4.69) is 78.8 Å². The van der Waals surface area contributed by atoms with Gasteiger partial charge in [0, 0.05) is 11.6 Å². The number of thiazole rings is 1. The number of aromatic nitrogens is 4. The lowest BCUT2D eigenvalue weighted by molar-refractivity contribution is 0.522. The van der Waals surface area contributed by atoms with Crippen molar-refractivity contribution >= 4 is 32.7 Å². The molecule has 4 aromatic rings. The molecule has 0 atom stereocenters. The fourth-order valence-corrected chi connectivity index (χ4v) is 4.00. The molecule has 4 nitrogen and oxygen atoms in total. The molecule has 3 heterocycles. The lowest BCUT2D eigenvalue weighted by atomic mass is 9.79. The monoisotopic (exact) mass is 364 g/mol. The number of hydrogen-bond acceptors (Lipinski definition) is 4. The summed E-state index contributed by atoms with van der Waals surface area (Å²) >= 11 is 1.69. The molecular formula is C21H24N4S. The van der Waals surface area contributed by atoms with Crippen LogP contribution >= 0.6 is 11.3 Å². The van der Waals surface area contributed by atoms with E-state index in [9.17, 15) is 0 Å². The van der Waals surface area contributed by atoms with Crippen molar-refractivity contribution in [3.63, 3.8) is 0 Å². The summed E-state index contributed by atoms with van der Waals surface area (Å²) in [5, 5.41) is 0. The van der Waals surface area contributed by atoms with Crippen molar-refractivity contribution < 1.29 is 0 Å². The Labute approximate surface area is 157 Å². The summed E-state index contributed by atoms with van der Waals surface area (Å²) in [6, 6.07) is 8.78. The van der Waals surface area contributed by atoms with Crippen molar-refractivity contribution in [2.24, 2.45) is 0 Å². The average molecular weight is 365 g/mol. The zero-order valence-corrected chi connectivity index (χ0v) is 16.7. The molecule has 0 saturated carbocycles. The van der Waals surface area contributed by atoms with Gasteiger partial charge >= 0.3 is 0 Å². The van der Waals surface area contributed by atoms with Crippen LogP contribution < -0.4 is 0 Å². The van der Waals surface area contributed by atoms with Crippen molar-refractivity contribution in [3.8, 4) is 0 Å². The van der Waals surface area contributed by atoms with Gasteiger partial charge in [0.25, 0.3) is 0 Å². The van der Waals surface area contributed by atoms with Crippen molar-refractivity contribution in [1.82, 2.24) is 19.9 Å². The molecule has 0 saturated heterocycles. The third kappa shape index (κ3) is 3.12. The lowest BCUT2D eigenvalue weighted by Gasteiger charge is -2.25. The van der Waals surface area contributed by atoms with Crippen LogP contribution in [-0.2, 0) is 17.3 Å². The second-order valence-electron chi connectivity index (χ2n) is 8.65. The van der Waals surface area contributed by atoms with E-state index in [0.717, 1.165) is 28.9 Å². The van der Waals surface area contributed by atoms with E-state index < -0.39 is 0 Å². The number of hydrogen-bond donors (Lipinski definition) is 1. The van der Waals surface area contributed by atoms with Crippen molar-refractivity contribution in [3.05, 3.63) is 52.9 Å². The number of benzene rings is 1. The number of fused-ring (bicyclic) bond motifs is 2. The Balaban J connectivity index is 1.66. The topological polar surface area (TPSA) is 54.5 Å². The summed E-state index contributed by atoms with van der Waals surface area (Å²) < 4.78 is 1.24. The predicted molar refractivity (Wildman–Crippen MR) is 109 cm³/mol.